The molecule has 3 heterocycles. The topological polar surface area (TPSA) is 97.9 Å². The number of nitrogens with one attached hydrogen (secondary N) is 2. The van der Waals surface area contributed by atoms with Crippen LogP contribution in [0.4, 0.5) is 10.2 Å². The normalized spacial score (nSPS) is 22.6. The molecule has 1 aliphatic heterocycles. The first-order valence-corrected chi connectivity index (χ1v) is 8.57. The zero-order valence-corrected chi connectivity index (χ0v) is 14.1. The van der Waals surface area contributed by atoms with E-state index in [1.807, 2.05) is 0 Å². The number of hydrogen-bond donors (Lipinski definition) is 3. The zero-order valence-electron chi connectivity index (χ0n) is 14.1. The molecule has 132 valence electrons. The molecule has 4 rings (SSSR count). The van der Waals surface area contributed by atoms with Gasteiger partial charge in [0.05, 0.1) is 5.56 Å². The number of nitrogens with zero attached hydrogens (tertiary/aromatic N) is 3. The Morgan fingerprint density at radius 2 is 2.20 bits per heavy atom. The average molecular weight is 344 g/mol. The number of aromatic nitrogens is 3. The number of halogens is 1. The Hall–Kier alpha value is -2.48. The molecule has 2 aromatic rings. The minimum absolute atomic E-state index is 0.0181. The lowest BCUT2D eigenvalue weighted by atomic mass is 9.91. The van der Waals surface area contributed by atoms with Gasteiger partial charge in [-0.25, -0.2) is 9.37 Å². The third-order valence-electron chi connectivity index (χ3n) is 4.99. The van der Waals surface area contributed by atoms with Crippen molar-refractivity contribution in [3.05, 3.63) is 29.2 Å². The van der Waals surface area contributed by atoms with Gasteiger partial charge in [-0.3, -0.25) is 9.48 Å². The second-order valence-corrected chi connectivity index (χ2v) is 6.73. The van der Waals surface area contributed by atoms with Crippen LogP contribution in [0.3, 0.4) is 0 Å². The number of carbonyl (C=O) groups is 1. The van der Waals surface area contributed by atoms with E-state index >= 15 is 0 Å². The van der Waals surface area contributed by atoms with Crippen LogP contribution < -0.4 is 16.4 Å². The first kappa shape index (κ1) is 16.0. The number of nitrogens with two attached hydrogens (primary N) is 1. The van der Waals surface area contributed by atoms with Crippen LogP contribution in [-0.4, -0.2) is 32.8 Å². The molecule has 0 radical (unpaired) electrons. The summed E-state index contributed by atoms with van der Waals surface area (Å²) in [5.74, 6) is -0.646. The number of anilines is 1. The molecule has 0 saturated heterocycles. The van der Waals surface area contributed by atoms with Crippen molar-refractivity contribution in [2.24, 2.45) is 12.8 Å². The van der Waals surface area contributed by atoms with E-state index in [9.17, 15) is 9.18 Å². The molecular formula is C17H21FN6O. The maximum atomic E-state index is 14.9. The van der Waals surface area contributed by atoms with Crippen molar-refractivity contribution in [1.82, 2.24) is 20.1 Å². The number of hydrogen-bond acceptors (Lipinski definition) is 5. The first-order chi connectivity index (χ1) is 12.0. The van der Waals surface area contributed by atoms with Crippen LogP contribution in [0.5, 0.6) is 0 Å². The van der Waals surface area contributed by atoms with Crippen LogP contribution in [-0.2, 0) is 13.6 Å². The molecule has 1 aliphatic carbocycles. The summed E-state index contributed by atoms with van der Waals surface area (Å²) in [6, 6.07) is 1.72. The van der Waals surface area contributed by atoms with Crippen molar-refractivity contribution in [1.29, 1.82) is 0 Å². The molecule has 2 atom stereocenters. The maximum absolute atomic E-state index is 14.9. The van der Waals surface area contributed by atoms with Crippen molar-refractivity contribution in [3.63, 3.8) is 0 Å². The molecule has 1 amide bonds. The van der Waals surface area contributed by atoms with Gasteiger partial charge in [-0.05, 0) is 18.9 Å². The Bertz CT molecular complexity index is 833. The fourth-order valence-corrected chi connectivity index (χ4v) is 3.62. The summed E-state index contributed by atoms with van der Waals surface area (Å²) >= 11 is 0. The van der Waals surface area contributed by atoms with Crippen LogP contribution in [0, 0.1) is 5.82 Å². The second-order valence-electron chi connectivity index (χ2n) is 6.73. The molecule has 2 aliphatic rings. The van der Waals surface area contributed by atoms with Gasteiger partial charge in [-0.15, -0.1) is 0 Å². The van der Waals surface area contributed by atoms with E-state index in [2.05, 4.69) is 20.7 Å². The van der Waals surface area contributed by atoms with E-state index < -0.39 is 5.82 Å². The summed E-state index contributed by atoms with van der Waals surface area (Å²) in [4.78, 5) is 16.6. The van der Waals surface area contributed by atoms with Gasteiger partial charge in [-0.1, -0.05) is 12.8 Å². The number of fused-ring (bicyclic) bond motifs is 1. The molecule has 1 saturated carbocycles. The van der Waals surface area contributed by atoms with Crippen molar-refractivity contribution < 1.29 is 9.18 Å². The van der Waals surface area contributed by atoms with Gasteiger partial charge in [0.1, 0.15) is 11.4 Å². The van der Waals surface area contributed by atoms with Crippen LogP contribution in [0.2, 0.25) is 0 Å². The first-order valence-electron chi connectivity index (χ1n) is 8.57. The summed E-state index contributed by atoms with van der Waals surface area (Å²) in [6.45, 7) is 0.160. The Balaban J connectivity index is 1.79. The van der Waals surface area contributed by atoms with Gasteiger partial charge in [-0.2, -0.15) is 5.10 Å². The van der Waals surface area contributed by atoms with Gasteiger partial charge in [0.2, 0.25) is 0 Å². The minimum Gasteiger partial charge on any atom is -0.363 e. The second kappa shape index (κ2) is 6.11. The molecule has 2 aromatic heterocycles. The van der Waals surface area contributed by atoms with Crippen LogP contribution >= 0.6 is 0 Å². The lowest BCUT2D eigenvalue weighted by Gasteiger charge is -2.30. The fraction of sp³-hybridized carbons (Fsp3) is 0.471. The fourth-order valence-electron chi connectivity index (χ4n) is 3.62. The molecule has 0 aromatic carbocycles. The van der Waals surface area contributed by atoms with Gasteiger partial charge < -0.3 is 16.4 Å². The Morgan fingerprint density at radius 1 is 1.40 bits per heavy atom. The third-order valence-corrected chi connectivity index (χ3v) is 4.99. The van der Waals surface area contributed by atoms with Gasteiger partial charge in [0.15, 0.2) is 11.6 Å². The molecule has 25 heavy (non-hydrogen) atoms. The summed E-state index contributed by atoms with van der Waals surface area (Å²) in [5.41, 5.74) is 7.73. The van der Waals surface area contributed by atoms with Crippen LogP contribution in [0.1, 0.15) is 41.6 Å². The highest BCUT2D eigenvalue weighted by atomic mass is 19.1. The molecule has 7 nitrogen and oxygen atoms in total. The summed E-state index contributed by atoms with van der Waals surface area (Å²) in [7, 11) is 1.79. The van der Waals surface area contributed by atoms with E-state index in [0.29, 0.717) is 17.0 Å². The van der Waals surface area contributed by atoms with E-state index in [-0.39, 0.29) is 35.9 Å². The molecule has 1 fully saturated rings. The van der Waals surface area contributed by atoms with E-state index in [1.165, 1.54) is 0 Å². The lowest BCUT2D eigenvalue weighted by Crippen LogP contribution is -2.43. The quantitative estimate of drug-likeness (QED) is 0.785. The predicted octanol–water partition coefficient (Wildman–Crippen LogP) is 1.55. The molecule has 8 heteroatoms. The van der Waals surface area contributed by atoms with Crippen LogP contribution in [0.25, 0.3) is 11.4 Å². The summed E-state index contributed by atoms with van der Waals surface area (Å²) in [6.07, 6.45) is 5.72. The highest BCUT2D eigenvalue weighted by Crippen LogP contribution is 2.33. The number of pyridine rings is 1. The third kappa shape index (κ3) is 2.76. The highest BCUT2D eigenvalue weighted by molar-refractivity contribution is 6.03. The van der Waals surface area contributed by atoms with E-state index in [0.717, 1.165) is 25.7 Å². The molecule has 0 bridgehead atoms. The molecule has 0 spiro atoms. The number of aryl methyl sites for hydroxylation is 1. The smallest absolute Gasteiger partial charge is 0.254 e. The SMILES string of the molecule is Cn1ccc(-c2nc(N[C@@H]3CCCC[C@@H]3N)c(F)c3c2C(=O)NC3)n1. The summed E-state index contributed by atoms with van der Waals surface area (Å²) < 4.78 is 16.6. The predicted molar refractivity (Wildman–Crippen MR) is 91.4 cm³/mol. The van der Waals surface area contributed by atoms with Crippen molar-refractivity contribution >= 4 is 11.7 Å². The lowest BCUT2D eigenvalue weighted by molar-refractivity contribution is 0.0966. The zero-order chi connectivity index (χ0) is 17.6. The minimum atomic E-state index is -0.481. The van der Waals surface area contributed by atoms with Crippen LogP contribution in [0.15, 0.2) is 12.3 Å². The standard InChI is InChI=1S/C17H21FN6O/c1-24-7-6-12(23-24)15-13-9(8-20-17(13)25)14(18)16(22-15)21-11-5-3-2-4-10(11)19/h6-7,10-11H,2-5,8,19H2,1H3,(H,20,25)(H,21,22)/t10-,11+/m0/s1. The van der Waals surface area contributed by atoms with Gasteiger partial charge in [0, 0.05) is 37.4 Å². The number of carbonyl (C=O) groups excluding carboxylic acids is 1. The molecule has 4 N–H and O–H groups in total. The van der Waals surface area contributed by atoms with Crippen molar-refractivity contribution in [2.75, 3.05) is 5.32 Å². The van der Waals surface area contributed by atoms with Crippen molar-refractivity contribution in [2.45, 2.75) is 44.3 Å². The number of rotatable bonds is 3. The Labute approximate surface area is 144 Å². The van der Waals surface area contributed by atoms with E-state index in [4.69, 9.17) is 5.73 Å². The van der Waals surface area contributed by atoms with Gasteiger partial charge in [0.25, 0.3) is 5.91 Å². The highest BCUT2D eigenvalue weighted by Gasteiger charge is 2.32. The molecular weight excluding hydrogens is 323 g/mol. The summed E-state index contributed by atoms with van der Waals surface area (Å²) in [5, 5.41) is 10.2. The van der Waals surface area contributed by atoms with E-state index in [1.54, 1.807) is 24.0 Å². The largest absolute Gasteiger partial charge is 0.363 e. The maximum Gasteiger partial charge on any atom is 0.254 e. The Morgan fingerprint density at radius 3 is 2.92 bits per heavy atom. The number of amides is 1. The molecule has 0 unspecified atom stereocenters. The Kier molecular flexibility index (Phi) is 3.91. The monoisotopic (exact) mass is 344 g/mol. The van der Waals surface area contributed by atoms with Gasteiger partial charge >= 0.3 is 0 Å². The van der Waals surface area contributed by atoms with Crippen molar-refractivity contribution in [3.8, 4) is 11.4 Å². The average Bonchev–Trinajstić information content (AvgIpc) is 3.19.